The number of aromatic nitrogens is 2. The summed E-state index contributed by atoms with van der Waals surface area (Å²) in [7, 11) is -2.00. The van der Waals surface area contributed by atoms with Gasteiger partial charge in [0.1, 0.15) is 0 Å². The molecule has 0 saturated carbocycles. The average molecular weight is 230 g/mol. The van der Waals surface area contributed by atoms with Gasteiger partial charge in [0.05, 0.1) is 19.3 Å². The third-order valence-corrected chi connectivity index (χ3v) is 2.87. The van der Waals surface area contributed by atoms with Crippen LogP contribution in [0.3, 0.4) is 0 Å². The summed E-state index contributed by atoms with van der Waals surface area (Å²) < 4.78 is 32.7. The van der Waals surface area contributed by atoms with Gasteiger partial charge < -0.3 is 9.47 Å². The molecule has 0 saturated heterocycles. The second-order valence-corrected chi connectivity index (χ2v) is 5.08. The summed E-state index contributed by atoms with van der Waals surface area (Å²) in [6.45, 7) is 0.480. The first-order chi connectivity index (χ1) is 7.02. The second-order valence-electron chi connectivity index (χ2n) is 3.17. The molecule has 0 fully saturated rings. The predicted octanol–water partition coefficient (Wildman–Crippen LogP) is -0.176. The highest BCUT2D eigenvalue weighted by Gasteiger charge is 2.24. The smallest absolute Gasteiger partial charge is 0.253 e. The van der Waals surface area contributed by atoms with Crippen LogP contribution in [0.15, 0.2) is 5.16 Å². The van der Waals surface area contributed by atoms with Crippen molar-refractivity contribution >= 4 is 9.84 Å². The lowest BCUT2D eigenvalue weighted by Crippen LogP contribution is -2.06. The van der Waals surface area contributed by atoms with Gasteiger partial charge in [-0.1, -0.05) is 0 Å². The third-order valence-electron chi connectivity index (χ3n) is 2.03. The first-order valence-corrected chi connectivity index (χ1v) is 6.19. The minimum Gasteiger partial charge on any atom is -0.481 e. The fourth-order valence-corrected chi connectivity index (χ4v) is 1.84. The van der Waals surface area contributed by atoms with Crippen LogP contribution in [0.25, 0.3) is 0 Å². The van der Waals surface area contributed by atoms with Crippen molar-refractivity contribution in [2.24, 2.45) is 0 Å². The second kappa shape index (κ2) is 3.34. The molecule has 2 rings (SSSR count). The Morgan fingerprint density at radius 1 is 1.40 bits per heavy atom. The molecule has 0 aliphatic carbocycles. The Bertz CT molecular complexity index is 498. The zero-order valence-corrected chi connectivity index (χ0v) is 9.17. The lowest BCUT2D eigenvalue weighted by molar-refractivity contribution is 0.339. The lowest BCUT2D eigenvalue weighted by atomic mass is 10.2. The van der Waals surface area contributed by atoms with Crippen LogP contribution in [0.4, 0.5) is 0 Å². The summed E-state index contributed by atoms with van der Waals surface area (Å²) in [5.41, 5.74) is 0.727. The van der Waals surface area contributed by atoms with Gasteiger partial charge in [-0.3, -0.25) is 0 Å². The molecule has 15 heavy (non-hydrogen) atoms. The number of hydrogen-bond donors (Lipinski definition) is 0. The van der Waals surface area contributed by atoms with Crippen LogP contribution < -0.4 is 9.47 Å². The number of nitrogens with zero attached hydrogens (tertiary/aromatic N) is 2. The fourth-order valence-electron chi connectivity index (χ4n) is 1.34. The van der Waals surface area contributed by atoms with E-state index in [1.54, 1.807) is 0 Å². The Morgan fingerprint density at radius 2 is 2.13 bits per heavy atom. The Morgan fingerprint density at radius 3 is 2.73 bits per heavy atom. The first kappa shape index (κ1) is 10.2. The van der Waals surface area contributed by atoms with Crippen molar-refractivity contribution in [2.45, 2.75) is 11.6 Å². The molecule has 82 valence electrons. The molecule has 0 atom stereocenters. The molecule has 0 amide bonds. The quantitative estimate of drug-likeness (QED) is 0.656. The van der Waals surface area contributed by atoms with E-state index in [1.807, 2.05) is 0 Å². The van der Waals surface area contributed by atoms with E-state index in [0.29, 0.717) is 18.9 Å². The molecular formula is C8H10N2O4S. The highest BCUT2D eigenvalue weighted by atomic mass is 32.2. The molecule has 1 aromatic rings. The van der Waals surface area contributed by atoms with Crippen LogP contribution in [0.1, 0.15) is 5.56 Å². The molecule has 7 heteroatoms. The number of sulfone groups is 1. The van der Waals surface area contributed by atoms with E-state index in [4.69, 9.17) is 9.47 Å². The van der Waals surface area contributed by atoms with Crippen LogP contribution in [-0.4, -0.2) is 38.4 Å². The van der Waals surface area contributed by atoms with Crippen molar-refractivity contribution in [3.8, 4) is 11.8 Å². The van der Waals surface area contributed by atoms with E-state index in [-0.39, 0.29) is 11.0 Å². The summed E-state index contributed by atoms with van der Waals surface area (Å²) in [6, 6.07) is 0. The number of hydrogen-bond acceptors (Lipinski definition) is 6. The molecule has 1 aliphatic heterocycles. The normalized spacial score (nSPS) is 14.5. The standard InChI is InChI=1S/C8H10N2O4S/c1-13-6-5-3-4-14-7(5)10-8(9-6)15(2,11)12/h3-4H2,1-2H3. The van der Waals surface area contributed by atoms with Crippen molar-refractivity contribution < 1.29 is 17.9 Å². The monoisotopic (exact) mass is 230 g/mol. The molecule has 0 bridgehead atoms. The molecule has 0 N–H and O–H groups in total. The van der Waals surface area contributed by atoms with Gasteiger partial charge in [0, 0.05) is 12.7 Å². The first-order valence-electron chi connectivity index (χ1n) is 4.30. The van der Waals surface area contributed by atoms with Gasteiger partial charge >= 0.3 is 0 Å². The Kier molecular flexibility index (Phi) is 2.26. The Labute approximate surface area is 87.2 Å². The van der Waals surface area contributed by atoms with Crippen molar-refractivity contribution in [3.63, 3.8) is 0 Å². The van der Waals surface area contributed by atoms with E-state index >= 15 is 0 Å². The minimum absolute atomic E-state index is 0.264. The van der Waals surface area contributed by atoms with Crippen LogP contribution in [0, 0.1) is 0 Å². The summed E-state index contributed by atoms with van der Waals surface area (Å²) >= 11 is 0. The van der Waals surface area contributed by atoms with Crippen molar-refractivity contribution in [1.29, 1.82) is 0 Å². The molecule has 0 radical (unpaired) electrons. The summed E-state index contributed by atoms with van der Waals surface area (Å²) in [5.74, 6) is 0.584. The minimum atomic E-state index is -3.44. The van der Waals surface area contributed by atoms with Crippen LogP contribution in [0.5, 0.6) is 11.8 Å². The SMILES string of the molecule is COc1nc(S(C)(=O)=O)nc2c1CCO2. The fraction of sp³-hybridized carbons (Fsp3) is 0.500. The molecule has 1 aliphatic rings. The maximum atomic E-state index is 11.3. The van der Waals surface area contributed by atoms with Crippen molar-refractivity contribution in [2.75, 3.05) is 20.0 Å². The van der Waals surface area contributed by atoms with Crippen molar-refractivity contribution in [1.82, 2.24) is 9.97 Å². The maximum Gasteiger partial charge on any atom is 0.253 e. The van der Waals surface area contributed by atoms with Gasteiger partial charge in [-0.05, 0) is 0 Å². The van der Waals surface area contributed by atoms with Gasteiger partial charge in [0.15, 0.2) is 0 Å². The van der Waals surface area contributed by atoms with Crippen molar-refractivity contribution in [3.05, 3.63) is 5.56 Å². The van der Waals surface area contributed by atoms with E-state index in [2.05, 4.69) is 9.97 Å². The van der Waals surface area contributed by atoms with E-state index in [9.17, 15) is 8.42 Å². The Hall–Kier alpha value is -1.37. The zero-order valence-electron chi connectivity index (χ0n) is 8.35. The number of fused-ring (bicyclic) bond motifs is 1. The number of ether oxygens (including phenoxy) is 2. The van der Waals surface area contributed by atoms with Gasteiger partial charge in [-0.25, -0.2) is 8.42 Å². The zero-order chi connectivity index (χ0) is 11.1. The molecule has 0 spiro atoms. The molecule has 0 aromatic carbocycles. The topological polar surface area (TPSA) is 78.4 Å². The van der Waals surface area contributed by atoms with Crippen LogP contribution in [0.2, 0.25) is 0 Å². The van der Waals surface area contributed by atoms with Gasteiger partial charge in [-0.2, -0.15) is 9.97 Å². The lowest BCUT2D eigenvalue weighted by Gasteiger charge is -2.05. The highest BCUT2D eigenvalue weighted by Crippen LogP contribution is 2.30. The number of methoxy groups -OCH3 is 1. The highest BCUT2D eigenvalue weighted by molar-refractivity contribution is 7.90. The van der Waals surface area contributed by atoms with E-state index in [0.717, 1.165) is 11.8 Å². The van der Waals surface area contributed by atoms with Crippen LogP contribution >= 0.6 is 0 Å². The average Bonchev–Trinajstić information content (AvgIpc) is 2.62. The summed E-state index contributed by atoms with van der Waals surface area (Å²) in [6.07, 6.45) is 1.69. The molecular weight excluding hydrogens is 220 g/mol. The van der Waals surface area contributed by atoms with Gasteiger partial charge in [0.25, 0.3) is 5.16 Å². The van der Waals surface area contributed by atoms with E-state index < -0.39 is 9.84 Å². The van der Waals surface area contributed by atoms with E-state index in [1.165, 1.54) is 7.11 Å². The molecule has 6 nitrogen and oxygen atoms in total. The van der Waals surface area contributed by atoms with Crippen LogP contribution in [-0.2, 0) is 16.3 Å². The summed E-state index contributed by atoms with van der Waals surface area (Å²) in [4.78, 5) is 7.66. The third kappa shape index (κ3) is 1.74. The van der Waals surface area contributed by atoms with Gasteiger partial charge in [0.2, 0.25) is 21.6 Å². The van der Waals surface area contributed by atoms with Gasteiger partial charge in [-0.15, -0.1) is 0 Å². The molecule has 1 aromatic heterocycles. The maximum absolute atomic E-state index is 11.3. The summed E-state index contributed by atoms with van der Waals surface area (Å²) in [5, 5.41) is -0.264. The number of rotatable bonds is 2. The molecule has 0 unspecified atom stereocenters. The largest absolute Gasteiger partial charge is 0.481 e. The Balaban J connectivity index is 2.63. The predicted molar refractivity (Wildman–Crippen MR) is 50.9 cm³/mol. The molecule has 2 heterocycles.